The van der Waals surface area contributed by atoms with Crippen molar-refractivity contribution in [1.29, 1.82) is 0 Å². The number of nitrogens with one attached hydrogen (secondary N) is 1. The van der Waals surface area contributed by atoms with Gasteiger partial charge in [-0.1, -0.05) is 36.4 Å². The Hall–Kier alpha value is -2.78. The lowest BCUT2D eigenvalue weighted by Gasteiger charge is -2.40. The van der Waals surface area contributed by atoms with Gasteiger partial charge in [0.05, 0.1) is 16.1 Å². The van der Waals surface area contributed by atoms with Gasteiger partial charge in [-0.2, -0.15) is 0 Å². The topological polar surface area (TPSA) is 110 Å². The van der Waals surface area contributed by atoms with Crippen LogP contribution in [-0.2, 0) is 20.2 Å². The summed E-state index contributed by atoms with van der Waals surface area (Å²) in [5.41, 5.74) is 0.675. The van der Waals surface area contributed by atoms with Crippen molar-refractivity contribution in [1.82, 2.24) is 4.31 Å². The summed E-state index contributed by atoms with van der Waals surface area (Å²) < 4.78 is 25.9. The van der Waals surface area contributed by atoms with E-state index >= 15 is 0 Å². The number of sulfonamides is 1. The van der Waals surface area contributed by atoms with Crippen molar-refractivity contribution in [2.45, 2.75) is 32.1 Å². The van der Waals surface area contributed by atoms with E-state index < -0.39 is 20.4 Å². The second kappa shape index (κ2) is 8.53. The molecule has 9 heteroatoms. The highest BCUT2D eigenvalue weighted by Crippen LogP contribution is 2.38. The van der Waals surface area contributed by atoms with Crippen LogP contribution >= 0.6 is 0 Å². The lowest BCUT2D eigenvalue weighted by molar-refractivity contribution is -0.385. The standard InChI is InChI=1S/C21H25N3O5S/c1-3-30(28,29)23-13-11-21(12-14-23,17-7-5-4-6-8-17)20(25)22-18-10-9-16(2)19(15-18)24(26)27/h4-10,15H,3,11-14H2,1-2H3,(H,22,25). The van der Waals surface area contributed by atoms with Crippen molar-refractivity contribution in [3.8, 4) is 0 Å². The van der Waals surface area contributed by atoms with E-state index in [9.17, 15) is 23.3 Å². The van der Waals surface area contributed by atoms with Crippen molar-refractivity contribution in [3.63, 3.8) is 0 Å². The first-order valence-corrected chi connectivity index (χ1v) is 11.4. The van der Waals surface area contributed by atoms with Crippen LogP contribution in [-0.4, -0.2) is 42.4 Å². The van der Waals surface area contributed by atoms with E-state index in [0.29, 0.717) is 24.1 Å². The Bertz CT molecular complexity index is 1050. The molecule has 30 heavy (non-hydrogen) atoms. The Kier molecular flexibility index (Phi) is 6.23. The lowest BCUT2D eigenvalue weighted by Crippen LogP contribution is -2.51. The van der Waals surface area contributed by atoms with E-state index in [2.05, 4.69) is 5.32 Å². The molecule has 160 valence electrons. The summed E-state index contributed by atoms with van der Waals surface area (Å²) in [6.07, 6.45) is 0.659. The average Bonchev–Trinajstić information content (AvgIpc) is 2.75. The molecule has 1 amide bonds. The number of amides is 1. The zero-order chi connectivity index (χ0) is 21.9. The number of nitrogens with zero attached hydrogens (tertiary/aromatic N) is 2. The highest BCUT2D eigenvalue weighted by atomic mass is 32.2. The minimum atomic E-state index is -3.33. The third-order valence-corrected chi connectivity index (χ3v) is 7.64. The summed E-state index contributed by atoms with van der Waals surface area (Å²) >= 11 is 0. The largest absolute Gasteiger partial charge is 0.325 e. The molecule has 0 bridgehead atoms. The van der Waals surface area contributed by atoms with Crippen LogP contribution in [0.15, 0.2) is 48.5 Å². The van der Waals surface area contributed by atoms with E-state index in [4.69, 9.17) is 0 Å². The maximum absolute atomic E-state index is 13.4. The van der Waals surface area contributed by atoms with Gasteiger partial charge < -0.3 is 5.32 Å². The Morgan fingerprint density at radius 2 is 1.80 bits per heavy atom. The fraction of sp³-hybridized carbons (Fsp3) is 0.381. The second-order valence-corrected chi connectivity index (χ2v) is 9.72. The fourth-order valence-corrected chi connectivity index (χ4v) is 4.97. The normalized spacial score (nSPS) is 16.7. The van der Waals surface area contributed by atoms with Crippen molar-refractivity contribution >= 4 is 27.3 Å². The van der Waals surface area contributed by atoms with Gasteiger partial charge in [0.2, 0.25) is 15.9 Å². The van der Waals surface area contributed by atoms with Crippen LogP contribution < -0.4 is 5.32 Å². The molecule has 3 rings (SSSR count). The zero-order valence-corrected chi connectivity index (χ0v) is 17.8. The minimum Gasteiger partial charge on any atom is -0.325 e. The number of nitro groups is 1. The molecule has 0 spiro atoms. The van der Waals surface area contributed by atoms with E-state index in [0.717, 1.165) is 5.56 Å². The number of anilines is 1. The maximum Gasteiger partial charge on any atom is 0.274 e. The molecule has 0 saturated carbocycles. The van der Waals surface area contributed by atoms with Crippen LogP contribution in [0.25, 0.3) is 0 Å². The Labute approximate surface area is 176 Å². The number of aryl methyl sites for hydroxylation is 1. The smallest absolute Gasteiger partial charge is 0.274 e. The van der Waals surface area contributed by atoms with E-state index in [1.165, 1.54) is 10.4 Å². The molecule has 0 aliphatic carbocycles. The number of hydrogen-bond acceptors (Lipinski definition) is 5. The van der Waals surface area contributed by atoms with Crippen molar-refractivity contribution in [3.05, 3.63) is 69.8 Å². The number of piperidine rings is 1. The molecule has 8 nitrogen and oxygen atoms in total. The van der Waals surface area contributed by atoms with Gasteiger partial charge >= 0.3 is 0 Å². The van der Waals surface area contributed by atoms with Gasteiger partial charge in [0.1, 0.15) is 0 Å². The van der Waals surface area contributed by atoms with Crippen LogP contribution in [0.5, 0.6) is 0 Å². The molecule has 2 aromatic rings. The van der Waals surface area contributed by atoms with E-state index in [1.54, 1.807) is 26.0 Å². The number of carbonyl (C=O) groups is 1. The zero-order valence-electron chi connectivity index (χ0n) is 17.0. The van der Waals surface area contributed by atoms with Gasteiger partial charge in [0, 0.05) is 30.4 Å². The molecule has 0 aromatic heterocycles. The van der Waals surface area contributed by atoms with Gasteiger partial charge in [-0.25, -0.2) is 12.7 Å². The number of hydrogen-bond donors (Lipinski definition) is 1. The van der Waals surface area contributed by atoms with Crippen LogP contribution in [0.3, 0.4) is 0 Å². The number of nitro benzene ring substituents is 1. The summed E-state index contributed by atoms with van der Waals surface area (Å²) in [7, 11) is -3.33. The first kappa shape index (κ1) is 21.9. The molecule has 1 N–H and O–H groups in total. The second-order valence-electron chi connectivity index (χ2n) is 7.46. The predicted octanol–water partition coefficient (Wildman–Crippen LogP) is 3.23. The molecule has 1 aliphatic rings. The molecule has 0 unspecified atom stereocenters. The molecule has 0 atom stereocenters. The average molecular weight is 432 g/mol. The summed E-state index contributed by atoms with van der Waals surface area (Å²) in [4.78, 5) is 24.2. The van der Waals surface area contributed by atoms with Gasteiger partial charge in [-0.3, -0.25) is 14.9 Å². The van der Waals surface area contributed by atoms with Crippen molar-refractivity contribution in [2.75, 3.05) is 24.2 Å². The van der Waals surface area contributed by atoms with Gasteiger partial charge in [0.25, 0.3) is 5.69 Å². The first-order chi connectivity index (χ1) is 14.2. The molecule has 1 aliphatic heterocycles. The quantitative estimate of drug-likeness (QED) is 0.558. The molecule has 1 fully saturated rings. The summed E-state index contributed by atoms with van der Waals surface area (Å²) in [5, 5.41) is 14.1. The molecular weight excluding hydrogens is 406 g/mol. The molecule has 1 heterocycles. The molecule has 1 saturated heterocycles. The van der Waals surface area contributed by atoms with Crippen molar-refractivity contribution in [2.24, 2.45) is 0 Å². The number of carbonyl (C=O) groups excluding carboxylic acids is 1. The third kappa shape index (κ3) is 4.22. The molecule has 0 radical (unpaired) electrons. The summed E-state index contributed by atoms with van der Waals surface area (Å²) in [6.45, 7) is 3.73. The molecular formula is C21H25N3O5S. The lowest BCUT2D eigenvalue weighted by atomic mass is 9.72. The predicted molar refractivity (Wildman–Crippen MR) is 115 cm³/mol. The SMILES string of the molecule is CCS(=O)(=O)N1CCC(C(=O)Nc2ccc(C)c([N+](=O)[O-])c2)(c2ccccc2)CC1. The Morgan fingerprint density at radius 1 is 1.17 bits per heavy atom. The van der Waals surface area contributed by atoms with Gasteiger partial charge in [-0.05, 0) is 38.3 Å². The van der Waals surface area contributed by atoms with Gasteiger partial charge in [-0.15, -0.1) is 0 Å². The molecule has 2 aromatic carbocycles. The maximum atomic E-state index is 13.4. The Morgan fingerprint density at radius 3 is 2.37 bits per heavy atom. The van der Waals surface area contributed by atoms with Gasteiger partial charge in [0.15, 0.2) is 0 Å². The Balaban J connectivity index is 1.92. The van der Waals surface area contributed by atoms with Crippen molar-refractivity contribution < 1.29 is 18.1 Å². The van der Waals surface area contributed by atoms with E-state index in [1.807, 2.05) is 30.3 Å². The highest BCUT2D eigenvalue weighted by molar-refractivity contribution is 7.89. The monoisotopic (exact) mass is 431 g/mol. The van der Waals surface area contributed by atoms with E-state index in [-0.39, 0.29) is 30.4 Å². The summed E-state index contributed by atoms with van der Waals surface area (Å²) in [6, 6.07) is 13.8. The number of rotatable bonds is 6. The fourth-order valence-electron chi connectivity index (χ4n) is 3.87. The highest BCUT2D eigenvalue weighted by Gasteiger charge is 2.44. The third-order valence-electron chi connectivity index (χ3n) is 5.76. The van der Waals surface area contributed by atoms with Crippen LogP contribution in [0.2, 0.25) is 0 Å². The first-order valence-electron chi connectivity index (χ1n) is 9.79. The summed E-state index contributed by atoms with van der Waals surface area (Å²) in [5.74, 6) is -0.273. The number of benzene rings is 2. The van der Waals surface area contributed by atoms with Crippen LogP contribution in [0.1, 0.15) is 30.9 Å². The van der Waals surface area contributed by atoms with Crippen LogP contribution in [0.4, 0.5) is 11.4 Å². The van der Waals surface area contributed by atoms with Crippen LogP contribution in [0, 0.1) is 17.0 Å². The minimum absolute atomic E-state index is 0.0184.